The van der Waals surface area contributed by atoms with Crippen molar-refractivity contribution in [3.63, 3.8) is 0 Å². The van der Waals surface area contributed by atoms with Crippen LogP contribution in [-0.2, 0) is 11.2 Å². The van der Waals surface area contributed by atoms with Gasteiger partial charge in [0.25, 0.3) is 0 Å². The Labute approximate surface area is 127 Å². The number of ether oxygens (including phenoxy) is 1. The molecule has 2 aliphatic heterocycles. The lowest BCUT2D eigenvalue weighted by molar-refractivity contribution is -0.116. The molecule has 0 aliphatic carbocycles. The number of aliphatic hydroxyl groups is 1. The van der Waals surface area contributed by atoms with Crippen molar-refractivity contribution in [1.82, 2.24) is 5.32 Å². The van der Waals surface area contributed by atoms with Crippen LogP contribution in [0.3, 0.4) is 0 Å². The van der Waals surface area contributed by atoms with Crippen LogP contribution in [0.1, 0.15) is 18.4 Å². The molecule has 0 unspecified atom stereocenters. The fourth-order valence-electron chi connectivity index (χ4n) is 2.88. The van der Waals surface area contributed by atoms with Crippen molar-refractivity contribution in [3.8, 4) is 5.75 Å². The topological polar surface area (TPSA) is 96.6 Å². The fourth-order valence-corrected chi connectivity index (χ4v) is 2.88. The highest BCUT2D eigenvalue weighted by atomic mass is 19.1. The molecule has 7 heteroatoms. The van der Waals surface area contributed by atoms with Gasteiger partial charge in [0.05, 0.1) is 5.69 Å². The van der Waals surface area contributed by atoms with Gasteiger partial charge in [-0.05, 0) is 31.5 Å². The van der Waals surface area contributed by atoms with Gasteiger partial charge in [0.2, 0.25) is 5.91 Å². The second-order valence-corrected chi connectivity index (χ2v) is 5.90. The number of nitrogens with one attached hydrogen (secondary N) is 2. The molecule has 0 aromatic heterocycles. The molecule has 1 saturated heterocycles. The monoisotopic (exact) mass is 309 g/mol. The first-order chi connectivity index (χ1) is 10.5. The van der Waals surface area contributed by atoms with Gasteiger partial charge in [-0.1, -0.05) is 0 Å². The summed E-state index contributed by atoms with van der Waals surface area (Å²) in [6.45, 7) is 1.24. The van der Waals surface area contributed by atoms with E-state index >= 15 is 0 Å². The summed E-state index contributed by atoms with van der Waals surface area (Å²) in [7, 11) is 0. The van der Waals surface area contributed by atoms with Gasteiger partial charge in [-0.25, -0.2) is 4.39 Å². The van der Waals surface area contributed by atoms with Gasteiger partial charge in [-0.3, -0.25) is 4.79 Å². The third kappa shape index (κ3) is 2.79. The van der Waals surface area contributed by atoms with Crippen LogP contribution in [-0.4, -0.2) is 42.4 Å². The number of amides is 1. The second-order valence-electron chi connectivity index (χ2n) is 5.90. The summed E-state index contributed by atoms with van der Waals surface area (Å²) >= 11 is 0. The standard InChI is InChI=1S/C15H20FN3O3/c16-10-2-3-11(9-1-4-13(20)19-14(9)10)22-8-15(21)5-6-18-7-12(15)17/h2-3,12,18,21H,1,4-8,17H2,(H,19,20)/t12-,15+/m1/s1. The van der Waals surface area contributed by atoms with Crippen molar-refractivity contribution in [2.75, 3.05) is 25.0 Å². The smallest absolute Gasteiger partial charge is 0.224 e. The van der Waals surface area contributed by atoms with E-state index in [0.29, 0.717) is 43.7 Å². The Hall–Kier alpha value is -1.70. The van der Waals surface area contributed by atoms with Crippen LogP contribution in [0, 0.1) is 5.82 Å². The van der Waals surface area contributed by atoms with Crippen molar-refractivity contribution >= 4 is 11.6 Å². The number of hydrogen-bond acceptors (Lipinski definition) is 5. The summed E-state index contributed by atoms with van der Waals surface area (Å²) in [4.78, 5) is 11.4. The van der Waals surface area contributed by atoms with Gasteiger partial charge in [0.15, 0.2) is 0 Å². The quantitative estimate of drug-likeness (QED) is 0.637. The van der Waals surface area contributed by atoms with Crippen molar-refractivity contribution in [1.29, 1.82) is 0 Å². The van der Waals surface area contributed by atoms with E-state index in [1.165, 1.54) is 12.1 Å². The molecule has 0 radical (unpaired) electrons. The van der Waals surface area contributed by atoms with Crippen LogP contribution in [0.15, 0.2) is 12.1 Å². The predicted octanol–water partition coefficient (Wildman–Crippen LogP) is 0.141. The number of anilines is 1. The van der Waals surface area contributed by atoms with Crippen molar-refractivity contribution in [2.24, 2.45) is 5.73 Å². The molecule has 1 aromatic rings. The molecular weight excluding hydrogens is 289 g/mol. The predicted molar refractivity (Wildman–Crippen MR) is 79.3 cm³/mol. The molecule has 0 spiro atoms. The third-order valence-electron chi connectivity index (χ3n) is 4.35. The summed E-state index contributed by atoms with van der Waals surface area (Å²) < 4.78 is 19.5. The summed E-state index contributed by atoms with van der Waals surface area (Å²) in [6, 6.07) is 2.37. The zero-order valence-electron chi connectivity index (χ0n) is 12.2. The molecule has 0 saturated carbocycles. The lowest BCUT2D eigenvalue weighted by Crippen LogP contribution is -2.61. The number of carbonyl (C=O) groups excluding carboxylic acids is 1. The zero-order chi connectivity index (χ0) is 15.7. The van der Waals surface area contributed by atoms with Crippen LogP contribution >= 0.6 is 0 Å². The maximum Gasteiger partial charge on any atom is 0.224 e. The maximum absolute atomic E-state index is 13.8. The summed E-state index contributed by atoms with van der Waals surface area (Å²) in [5.41, 5.74) is 5.65. The highest BCUT2D eigenvalue weighted by Crippen LogP contribution is 2.34. The van der Waals surface area contributed by atoms with E-state index in [4.69, 9.17) is 10.5 Å². The number of hydrogen-bond donors (Lipinski definition) is 4. The Morgan fingerprint density at radius 1 is 1.45 bits per heavy atom. The minimum absolute atomic E-state index is 0.0435. The fraction of sp³-hybridized carbons (Fsp3) is 0.533. The summed E-state index contributed by atoms with van der Waals surface area (Å²) in [5.74, 6) is -0.203. The van der Waals surface area contributed by atoms with Gasteiger partial charge in [-0.2, -0.15) is 0 Å². The second kappa shape index (κ2) is 5.83. The molecule has 2 aliphatic rings. The average Bonchev–Trinajstić information content (AvgIpc) is 2.50. The molecule has 6 nitrogen and oxygen atoms in total. The van der Waals surface area contributed by atoms with Gasteiger partial charge in [-0.15, -0.1) is 0 Å². The van der Waals surface area contributed by atoms with Crippen LogP contribution in [0.5, 0.6) is 5.75 Å². The normalized spacial score (nSPS) is 28.0. The number of halogens is 1. The number of fused-ring (bicyclic) bond motifs is 1. The Kier molecular flexibility index (Phi) is 4.03. The van der Waals surface area contributed by atoms with Crippen LogP contribution in [0.2, 0.25) is 0 Å². The summed E-state index contributed by atoms with van der Waals surface area (Å²) in [6.07, 6.45) is 1.20. The highest BCUT2D eigenvalue weighted by Gasteiger charge is 2.38. The first kappa shape index (κ1) is 15.2. The van der Waals surface area contributed by atoms with Crippen LogP contribution in [0.25, 0.3) is 0 Å². The molecule has 2 heterocycles. The first-order valence-corrected chi connectivity index (χ1v) is 7.42. The molecule has 22 heavy (non-hydrogen) atoms. The highest BCUT2D eigenvalue weighted by molar-refractivity contribution is 5.94. The number of rotatable bonds is 3. The van der Waals surface area contributed by atoms with Crippen LogP contribution < -0.4 is 21.1 Å². The van der Waals surface area contributed by atoms with E-state index in [1.807, 2.05) is 0 Å². The van der Waals surface area contributed by atoms with Gasteiger partial charge < -0.3 is 26.2 Å². The maximum atomic E-state index is 13.8. The number of carbonyl (C=O) groups is 1. The number of nitrogens with two attached hydrogens (primary N) is 1. The minimum Gasteiger partial charge on any atom is -0.490 e. The molecule has 120 valence electrons. The zero-order valence-corrected chi connectivity index (χ0v) is 12.2. The van der Waals surface area contributed by atoms with E-state index in [1.54, 1.807) is 0 Å². The van der Waals surface area contributed by atoms with Gasteiger partial charge in [0.1, 0.15) is 23.8 Å². The van der Waals surface area contributed by atoms with Crippen LogP contribution in [0.4, 0.5) is 10.1 Å². The van der Waals surface area contributed by atoms with Crippen molar-refractivity contribution in [2.45, 2.75) is 30.9 Å². The number of piperidine rings is 1. The van der Waals surface area contributed by atoms with E-state index in [2.05, 4.69) is 10.6 Å². The van der Waals surface area contributed by atoms with Gasteiger partial charge in [0, 0.05) is 24.6 Å². The Morgan fingerprint density at radius 3 is 3.05 bits per heavy atom. The molecule has 1 fully saturated rings. The van der Waals surface area contributed by atoms with E-state index < -0.39 is 17.5 Å². The molecule has 1 amide bonds. The molecular formula is C15H20FN3O3. The van der Waals surface area contributed by atoms with Crippen molar-refractivity contribution < 1.29 is 19.0 Å². The first-order valence-electron chi connectivity index (χ1n) is 7.42. The molecule has 2 atom stereocenters. The summed E-state index contributed by atoms with van der Waals surface area (Å²) in [5, 5.41) is 16.2. The molecule has 3 rings (SSSR count). The Balaban J connectivity index is 1.78. The van der Waals surface area contributed by atoms with E-state index in [9.17, 15) is 14.3 Å². The SMILES string of the molecule is N[C@@H]1CNCC[C@]1(O)COc1ccc(F)c2c1CCC(=O)N2. The Bertz CT molecular complexity index is 596. The van der Waals surface area contributed by atoms with E-state index in [0.717, 1.165) is 0 Å². The molecule has 0 bridgehead atoms. The lowest BCUT2D eigenvalue weighted by Gasteiger charge is -2.38. The molecule has 5 N–H and O–H groups in total. The molecule has 1 aromatic carbocycles. The Morgan fingerprint density at radius 2 is 2.27 bits per heavy atom. The largest absolute Gasteiger partial charge is 0.490 e. The van der Waals surface area contributed by atoms with Gasteiger partial charge >= 0.3 is 0 Å². The lowest BCUT2D eigenvalue weighted by atomic mass is 9.89. The van der Waals surface area contributed by atoms with E-state index in [-0.39, 0.29) is 18.2 Å². The minimum atomic E-state index is -1.11. The number of benzene rings is 1. The third-order valence-corrected chi connectivity index (χ3v) is 4.35. The van der Waals surface area contributed by atoms with Crippen molar-refractivity contribution in [3.05, 3.63) is 23.5 Å². The average molecular weight is 309 g/mol.